The maximum atomic E-state index is 12.3. The lowest BCUT2D eigenvalue weighted by molar-refractivity contribution is -0.123. The number of carbonyl (C=O) groups excluding carboxylic acids is 1. The van der Waals surface area contributed by atoms with E-state index in [1.54, 1.807) is 0 Å². The van der Waals surface area contributed by atoms with E-state index >= 15 is 0 Å². The van der Waals surface area contributed by atoms with E-state index in [-0.39, 0.29) is 17.7 Å². The zero-order valence-electron chi connectivity index (χ0n) is 5.88. The number of hydrogen-bond acceptors (Lipinski definition) is 2. The molecule has 1 rings (SSSR count). The van der Waals surface area contributed by atoms with E-state index < -0.39 is 0 Å². The topological polar surface area (TPSA) is 55.1 Å². The van der Waals surface area contributed by atoms with E-state index in [2.05, 4.69) is 0 Å². The monoisotopic (exact) mass is 156 g/mol. The third-order valence-corrected chi connectivity index (χ3v) is 1.53. The van der Waals surface area contributed by atoms with Crippen molar-refractivity contribution < 1.29 is 9.18 Å². The molecule has 1 aliphatic rings. The molecule has 0 radical (unpaired) electrons. The summed E-state index contributed by atoms with van der Waals surface area (Å²) in [6, 6.07) is 0. The minimum atomic E-state index is -0.320. The minimum Gasteiger partial charge on any atom is -0.294 e. The summed E-state index contributed by atoms with van der Waals surface area (Å²) < 4.78 is 12.3. The van der Waals surface area contributed by atoms with Crippen molar-refractivity contribution >= 4 is 5.91 Å². The molecule has 1 atom stereocenters. The third kappa shape index (κ3) is 1.88. The highest BCUT2D eigenvalue weighted by Crippen LogP contribution is 2.16. The number of halogens is 1. The Morgan fingerprint density at radius 2 is 2.55 bits per heavy atom. The average molecular weight is 156 g/mol. The van der Waals surface area contributed by atoms with Crippen LogP contribution in [0.2, 0.25) is 0 Å². The SMILES string of the molecule is NNC(=O)C1C=CC(F)=CC1. The van der Waals surface area contributed by atoms with Crippen LogP contribution in [0.4, 0.5) is 4.39 Å². The molecule has 1 amide bonds. The Balaban J connectivity index is 2.55. The van der Waals surface area contributed by atoms with Gasteiger partial charge in [0.1, 0.15) is 5.83 Å². The van der Waals surface area contributed by atoms with E-state index in [1.807, 2.05) is 5.43 Å². The normalized spacial score (nSPS) is 22.7. The number of allylic oxidation sites excluding steroid dienone is 3. The Bertz CT molecular complexity index is 222. The number of carbonyl (C=O) groups is 1. The van der Waals surface area contributed by atoms with Crippen molar-refractivity contribution in [3.63, 3.8) is 0 Å². The fraction of sp³-hybridized carbons (Fsp3) is 0.286. The molecule has 1 unspecified atom stereocenters. The van der Waals surface area contributed by atoms with E-state index in [9.17, 15) is 9.18 Å². The van der Waals surface area contributed by atoms with Crippen LogP contribution in [0.1, 0.15) is 6.42 Å². The Morgan fingerprint density at radius 3 is 3.00 bits per heavy atom. The van der Waals surface area contributed by atoms with Crippen molar-refractivity contribution in [2.75, 3.05) is 0 Å². The molecule has 0 aliphatic heterocycles. The Kier molecular flexibility index (Phi) is 2.38. The van der Waals surface area contributed by atoms with Crippen LogP contribution in [-0.2, 0) is 4.79 Å². The second-order valence-corrected chi connectivity index (χ2v) is 2.30. The molecule has 0 saturated heterocycles. The molecule has 1 aliphatic carbocycles. The van der Waals surface area contributed by atoms with Crippen molar-refractivity contribution in [2.24, 2.45) is 11.8 Å². The molecule has 0 aromatic heterocycles. The first-order valence-corrected chi connectivity index (χ1v) is 3.28. The van der Waals surface area contributed by atoms with E-state index in [1.165, 1.54) is 18.2 Å². The molecule has 0 aromatic rings. The molecular weight excluding hydrogens is 147 g/mol. The van der Waals surface area contributed by atoms with Gasteiger partial charge in [-0.05, 0) is 18.6 Å². The average Bonchev–Trinajstić information content (AvgIpc) is 2.05. The van der Waals surface area contributed by atoms with Crippen molar-refractivity contribution in [1.29, 1.82) is 0 Å². The van der Waals surface area contributed by atoms with Gasteiger partial charge in [-0.25, -0.2) is 10.2 Å². The van der Waals surface area contributed by atoms with Crippen LogP contribution < -0.4 is 11.3 Å². The summed E-state index contributed by atoms with van der Waals surface area (Å²) in [5, 5.41) is 0. The summed E-state index contributed by atoms with van der Waals surface area (Å²) in [5.74, 6) is 3.98. The first-order valence-electron chi connectivity index (χ1n) is 3.28. The third-order valence-electron chi connectivity index (χ3n) is 1.53. The lowest BCUT2D eigenvalue weighted by atomic mass is 10.00. The Labute approximate surface area is 63.7 Å². The first kappa shape index (κ1) is 7.94. The first-order chi connectivity index (χ1) is 5.24. The van der Waals surface area contributed by atoms with Crippen molar-refractivity contribution in [1.82, 2.24) is 5.43 Å². The number of nitrogens with two attached hydrogens (primary N) is 1. The van der Waals surface area contributed by atoms with Crippen LogP contribution in [0.3, 0.4) is 0 Å². The highest BCUT2D eigenvalue weighted by molar-refractivity contribution is 5.80. The van der Waals surface area contributed by atoms with Crippen molar-refractivity contribution in [2.45, 2.75) is 6.42 Å². The van der Waals surface area contributed by atoms with Crippen molar-refractivity contribution in [3.8, 4) is 0 Å². The van der Waals surface area contributed by atoms with Gasteiger partial charge >= 0.3 is 0 Å². The Hall–Kier alpha value is -1.16. The zero-order chi connectivity index (χ0) is 8.27. The molecule has 11 heavy (non-hydrogen) atoms. The van der Waals surface area contributed by atoms with Crippen molar-refractivity contribution in [3.05, 3.63) is 24.1 Å². The highest BCUT2D eigenvalue weighted by Gasteiger charge is 2.15. The molecule has 4 heteroatoms. The lowest BCUT2D eigenvalue weighted by Crippen LogP contribution is -2.35. The quantitative estimate of drug-likeness (QED) is 0.328. The fourth-order valence-electron chi connectivity index (χ4n) is 0.896. The van der Waals surface area contributed by atoms with Crippen LogP contribution in [0.25, 0.3) is 0 Å². The van der Waals surface area contributed by atoms with E-state index in [4.69, 9.17) is 5.84 Å². The number of hydrogen-bond donors (Lipinski definition) is 2. The van der Waals surface area contributed by atoms with Gasteiger partial charge in [-0.3, -0.25) is 10.2 Å². The largest absolute Gasteiger partial charge is 0.294 e. The van der Waals surface area contributed by atoms with Crippen LogP contribution in [0.5, 0.6) is 0 Å². The highest BCUT2D eigenvalue weighted by atomic mass is 19.1. The van der Waals surface area contributed by atoms with Crippen LogP contribution in [0.15, 0.2) is 24.1 Å². The van der Waals surface area contributed by atoms with Gasteiger partial charge in [-0.15, -0.1) is 0 Å². The summed E-state index contributed by atoms with van der Waals surface area (Å²) >= 11 is 0. The summed E-state index contributed by atoms with van der Waals surface area (Å²) in [5.41, 5.74) is 2.01. The predicted molar refractivity (Wildman–Crippen MR) is 38.8 cm³/mol. The predicted octanol–water partition coefficient (Wildman–Crippen LogP) is 0.406. The van der Waals surface area contributed by atoms with Gasteiger partial charge in [0.25, 0.3) is 0 Å². The summed E-state index contributed by atoms with van der Waals surface area (Å²) in [4.78, 5) is 10.8. The van der Waals surface area contributed by atoms with Gasteiger partial charge < -0.3 is 0 Å². The second kappa shape index (κ2) is 3.30. The molecule has 0 heterocycles. The van der Waals surface area contributed by atoms with Crippen LogP contribution in [-0.4, -0.2) is 5.91 Å². The van der Waals surface area contributed by atoms with Gasteiger partial charge in [0.15, 0.2) is 0 Å². The number of hydrazine groups is 1. The summed E-state index contributed by atoms with van der Waals surface area (Å²) in [6.45, 7) is 0. The zero-order valence-corrected chi connectivity index (χ0v) is 5.88. The van der Waals surface area contributed by atoms with Gasteiger partial charge in [-0.2, -0.15) is 0 Å². The summed E-state index contributed by atoms with van der Waals surface area (Å²) in [7, 11) is 0. The van der Waals surface area contributed by atoms with Gasteiger partial charge in [0, 0.05) is 0 Å². The molecule has 0 spiro atoms. The molecule has 0 fully saturated rings. The molecule has 0 aromatic carbocycles. The molecule has 3 nitrogen and oxygen atoms in total. The smallest absolute Gasteiger partial charge is 0.241 e. The summed E-state index contributed by atoms with van der Waals surface area (Å²) in [6.07, 6.45) is 4.51. The van der Waals surface area contributed by atoms with E-state index in [0.29, 0.717) is 6.42 Å². The van der Waals surface area contributed by atoms with Gasteiger partial charge in [0.2, 0.25) is 5.91 Å². The molecule has 60 valence electrons. The van der Waals surface area contributed by atoms with Crippen LogP contribution >= 0.6 is 0 Å². The number of rotatable bonds is 1. The molecule has 0 bridgehead atoms. The molecule has 3 N–H and O–H groups in total. The molecular formula is C7H9FN2O. The van der Waals surface area contributed by atoms with Gasteiger partial charge in [-0.1, -0.05) is 6.08 Å². The maximum absolute atomic E-state index is 12.3. The maximum Gasteiger partial charge on any atom is 0.241 e. The Morgan fingerprint density at radius 1 is 1.82 bits per heavy atom. The lowest BCUT2D eigenvalue weighted by Gasteiger charge is -2.10. The standard InChI is InChI=1S/C7H9FN2O/c8-6-3-1-5(2-4-6)7(11)10-9/h1,3-5H,2,9H2,(H,10,11). The number of amides is 1. The molecule has 0 saturated carbocycles. The second-order valence-electron chi connectivity index (χ2n) is 2.30. The van der Waals surface area contributed by atoms with E-state index in [0.717, 1.165) is 0 Å². The van der Waals surface area contributed by atoms with Gasteiger partial charge in [0.05, 0.1) is 5.92 Å². The number of nitrogens with one attached hydrogen (secondary N) is 1. The minimum absolute atomic E-state index is 0.287. The van der Waals surface area contributed by atoms with Crippen LogP contribution in [0, 0.1) is 5.92 Å². The fourth-order valence-corrected chi connectivity index (χ4v) is 0.896.